The monoisotopic (exact) mass is 541 g/mol. The number of hydrogen-bond acceptors (Lipinski definition) is 8. The lowest BCUT2D eigenvalue weighted by Crippen LogP contribution is -2.40. The van der Waals surface area contributed by atoms with Gasteiger partial charge in [-0.15, -0.1) is 6.58 Å². The summed E-state index contributed by atoms with van der Waals surface area (Å²) in [5.41, 5.74) is -1.93. The number of nitrogens with one attached hydrogen (secondary N) is 1. The van der Waals surface area contributed by atoms with Gasteiger partial charge in [-0.2, -0.15) is 23.1 Å². The van der Waals surface area contributed by atoms with Crippen molar-refractivity contribution in [3.8, 4) is 5.88 Å². The van der Waals surface area contributed by atoms with Gasteiger partial charge in [-0.1, -0.05) is 18.2 Å². The van der Waals surface area contributed by atoms with E-state index in [2.05, 4.69) is 21.9 Å². The molecular formula is C23H23F4N5O4S. The summed E-state index contributed by atoms with van der Waals surface area (Å²) < 4.78 is 85.0. The van der Waals surface area contributed by atoms with Crippen LogP contribution >= 0.6 is 0 Å². The van der Waals surface area contributed by atoms with Crippen LogP contribution in [0.25, 0.3) is 11.0 Å². The fourth-order valence-corrected chi connectivity index (χ4v) is 5.29. The third kappa shape index (κ3) is 5.10. The number of methoxy groups -OCH3 is 1. The Morgan fingerprint density at radius 1 is 1.22 bits per heavy atom. The second-order valence-electron chi connectivity index (χ2n) is 8.39. The molecule has 0 bridgehead atoms. The van der Waals surface area contributed by atoms with Crippen molar-refractivity contribution in [2.24, 2.45) is 7.05 Å². The summed E-state index contributed by atoms with van der Waals surface area (Å²) >= 11 is 0. The largest absolute Gasteiger partial charge is 0.479 e. The Morgan fingerprint density at radius 2 is 1.89 bits per heavy atom. The number of benzene rings is 1. The Labute approximate surface area is 209 Å². The molecule has 0 unspecified atom stereocenters. The van der Waals surface area contributed by atoms with Crippen LogP contribution < -0.4 is 20.6 Å². The van der Waals surface area contributed by atoms with Crippen molar-refractivity contribution in [3.05, 3.63) is 64.3 Å². The van der Waals surface area contributed by atoms with Gasteiger partial charge in [-0.05, 0) is 12.1 Å². The lowest BCUT2D eigenvalue weighted by molar-refractivity contribution is -0.140. The third-order valence-electron chi connectivity index (χ3n) is 6.09. The molecular weight excluding hydrogens is 518 g/mol. The highest BCUT2D eigenvalue weighted by Crippen LogP contribution is 2.37. The Bertz CT molecular complexity index is 1520. The number of ether oxygens (including phenoxy) is 1. The van der Waals surface area contributed by atoms with Crippen LogP contribution in [-0.2, 0) is 23.1 Å². The van der Waals surface area contributed by atoms with E-state index in [0.29, 0.717) is 11.8 Å². The summed E-state index contributed by atoms with van der Waals surface area (Å²) in [7, 11) is -0.369. The first-order valence-electron chi connectivity index (χ1n) is 11.0. The topological polar surface area (TPSA) is 106 Å². The van der Waals surface area contributed by atoms with Gasteiger partial charge >= 0.3 is 11.9 Å². The van der Waals surface area contributed by atoms with Crippen molar-refractivity contribution in [2.75, 3.05) is 41.9 Å². The molecule has 0 aliphatic carbocycles. The molecule has 1 atom stereocenters. The number of rotatable bonds is 6. The number of aryl methyl sites for hydroxylation is 1. The van der Waals surface area contributed by atoms with Gasteiger partial charge in [0.2, 0.25) is 5.88 Å². The zero-order valence-corrected chi connectivity index (χ0v) is 20.7. The first-order valence-corrected chi connectivity index (χ1v) is 12.8. The summed E-state index contributed by atoms with van der Waals surface area (Å²) in [6, 6.07) is 3.29. The molecule has 1 aromatic carbocycles. The van der Waals surface area contributed by atoms with Gasteiger partial charge in [0.05, 0.1) is 35.6 Å². The summed E-state index contributed by atoms with van der Waals surface area (Å²) in [6.45, 7) is 3.95. The highest BCUT2D eigenvalue weighted by molar-refractivity contribution is 7.91. The summed E-state index contributed by atoms with van der Waals surface area (Å²) in [6.07, 6.45) is -3.71. The SMILES string of the molecule is C=C[C@@H](Nc1nc(=O)n(C)c2nc(OC)c(N3CCS(=O)(=O)CC3)cc12)c1cccc(C(F)(F)F)c1F. The molecule has 1 N–H and O–H groups in total. The van der Waals surface area contributed by atoms with Gasteiger partial charge < -0.3 is 15.0 Å². The molecule has 37 heavy (non-hydrogen) atoms. The number of halogens is 4. The zero-order chi connectivity index (χ0) is 27.1. The minimum atomic E-state index is -4.91. The van der Waals surface area contributed by atoms with Gasteiger partial charge in [-0.3, -0.25) is 4.57 Å². The van der Waals surface area contributed by atoms with Crippen LogP contribution in [0.15, 0.2) is 41.7 Å². The molecule has 4 rings (SSSR count). The third-order valence-corrected chi connectivity index (χ3v) is 7.70. The van der Waals surface area contributed by atoms with Crippen molar-refractivity contribution in [2.45, 2.75) is 12.2 Å². The van der Waals surface area contributed by atoms with Crippen LogP contribution in [0.3, 0.4) is 0 Å². The Hall–Kier alpha value is -3.68. The van der Waals surface area contributed by atoms with Crippen molar-refractivity contribution < 1.29 is 30.7 Å². The molecule has 1 fully saturated rings. The van der Waals surface area contributed by atoms with Gasteiger partial charge in [0.25, 0.3) is 0 Å². The molecule has 3 aromatic rings. The predicted molar refractivity (Wildman–Crippen MR) is 130 cm³/mol. The molecule has 14 heteroatoms. The lowest BCUT2D eigenvalue weighted by Gasteiger charge is -2.30. The van der Waals surface area contributed by atoms with Crippen LogP contribution in [-0.4, -0.2) is 54.7 Å². The van der Waals surface area contributed by atoms with Crippen molar-refractivity contribution in [1.29, 1.82) is 0 Å². The molecule has 0 radical (unpaired) electrons. The number of nitrogens with zero attached hydrogens (tertiary/aromatic N) is 4. The molecule has 0 saturated carbocycles. The summed E-state index contributed by atoms with van der Waals surface area (Å²) in [5.74, 6) is -1.55. The second-order valence-corrected chi connectivity index (χ2v) is 10.7. The second kappa shape index (κ2) is 9.65. The van der Waals surface area contributed by atoms with E-state index in [4.69, 9.17) is 4.74 Å². The number of alkyl halides is 3. The van der Waals surface area contributed by atoms with E-state index >= 15 is 0 Å². The fraction of sp³-hybridized carbons (Fsp3) is 0.348. The van der Waals surface area contributed by atoms with Crippen LogP contribution in [0.4, 0.5) is 29.1 Å². The first-order chi connectivity index (χ1) is 17.4. The molecule has 2 aromatic heterocycles. The maximum Gasteiger partial charge on any atom is 0.419 e. The minimum absolute atomic E-state index is 0.0687. The lowest BCUT2D eigenvalue weighted by atomic mass is 10.0. The predicted octanol–water partition coefficient (Wildman–Crippen LogP) is 3.07. The molecule has 9 nitrogen and oxygen atoms in total. The Kier molecular flexibility index (Phi) is 6.88. The van der Waals surface area contributed by atoms with Gasteiger partial charge in [0.15, 0.2) is 15.5 Å². The van der Waals surface area contributed by atoms with Gasteiger partial charge in [0, 0.05) is 25.7 Å². The van der Waals surface area contributed by atoms with Crippen molar-refractivity contribution >= 4 is 32.4 Å². The molecule has 1 saturated heterocycles. The molecule has 1 aliphatic heterocycles. The maximum absolute atomic E-state index is 14.9. The van der Waals surface area contributed by atoms with E-state index in [0.717, 1.165) is 10.6 Å². The average Bonchev–Trinajstić information content (AvgIpc) is 2.84. The van der Waals surface area contributed by atoms with Crippen molar-refractivity contribution in [3.63, 3.8) is 0 Å². The van der Waals surface area contributed by atoms with E-state index in [1.165, 1.54) is 26.3 Å². The number of fused-ring (bicyclic) bond motifs is 1. The number of aromatic nitrogens is 3. The zero-order valence-electron chi connectivity index (χ0n) is 19.8. The van der Waals surface area contributed by atoms with E-state index in [1.54, 1.807) is 11.0 Å². The van der Waals surface area contributed by atoms with Crippen LogP contribution in [0.2, 0.25) is 0 Å². The fourth-order valence-electron chi connectivity index (χ4n) is 4.09. The first kappa shape index (κ1) is 26.4. The number of sulfone groups is 1. The van der Waals surface area contributed by atoms with Gasteiger partial charge in [-0.25, -0.2) is 17.6 Å². The summed E-state index contributed by atoms with van der Waals surface area (Å²) in [5, 5.41) is 3.09. The number of pyridine rings is 1. The van der Waals surface area contributed by atoms with Crippen molar-refractivity contribution in [1.82, 2.24) is 14.5 Å². The number of hydrogen-bond donors (Lipinski definition) is 1. The van der Waals surface area contributed by atoms with E-state index in [1.807, 2.05) is 0 Å². The smallest absolute Gasteiger partial charge is 0.419 e. The highest BCUT2D eigenvalue weighted by Gasteiger charge is 2.35. The Morgan fingerprint density at radius 3 is 2.49 bits per heavy atom. The molecule has 0 amide bonds. The van der Waals surface area contributed by atoms with Crippen LogP contribution in [0, 0.1) is 5.82 Å². The number of anilines is 2. The highest BCUT2D eigenvalue weighted by atomic mass is 32.2. The minimum Gasteiger partial charge on any atom is -0.479 e. The maximum atomic E-state index is 14.9. The van der Waals surface area contributed by atoms with E-state index < -0.39 is 39.1 Å². The quantitative estimate of drug-likeness (QED) is 0.375. The average molecular weight is 542 g/mol. The van der Waals surface area contributed by atoms with Crippen LogP contribution in [0.1, 0.15) is 17.2 Å². The molecule has 0 spiro atoms. The molecule has 198 valence electrons. The Balaban J connectivity index is 1.84. The standard InChI is InChI=1S/C23H23F4N5O4S/c1-4-16(13-6-5-7-15(18(13)24)23(25,26)27)28-19-14-12-17(32-8-10-37(34,35)11-9-32)21(36-3)30-20(14)31(2)22(33)29-19/h4-7,12,16H,1,8-11H2,2-3H3,(H,28,29,33)/t16-/m1/s1. The van der Waals surface area contributed by atoms with Gasteiger partial charge in [0.1, 0.15) is 17.3 Å². The summed E-state index contributed by atoms with van der Waals surface area (Å²) in [4.78, 5) is 22.7. The van der Waals surface area contributed by atoms with E-state index in [-0.39, 0.29) is 52.9 Å². The van der Waals surface area contributed by atoms with Crippen LogP contribution in [0.5, 0.6) is 5.88 Å². The molecule has 1 aliphatic rings. The normalized spacial score (nSPS) is 16.4. The van der Waals surface area contributed by atoms with E-state index in [9.17, 15) is 30.8 Å². The molecule has 3 heterocycles.